The summed E-state index contributed by atoms with van der Waals surface area (Å²) in [6.45, 7) is 6.96. The van der Waals surface area contributed by atoms with E-state index in [1.165, 1.54) is 18.8 Å². The Morgan fingerprint density at radius 2 is 2.28 bits per heavy atom. The van der Waals surface area contributed by atoms with Crippen molar-refractivity contribution in [2.24, 2.45) is 0 Å². The van der Waals surface area contributed by atoms with Crippen LogP contribution in [0.3, 0.4) is 0 Å². The number of nitrogens with zero attached hydrogens (tertiary/aromatic N) is 2. The van der Waals surface area contributed by atoms with Gasteiger partial charge in [-0.2, -0.15) is 5.06 Å². The zero-order valence-electron chi connectivity index (χ0n) is 11.3. The minimum Gasteiger partial charge on any atom is -0.349 e. The van der Waals surface area contributed by atoms with Crippen LogP contribution in [0.25, 0.3) is 0 Å². The molecule has 1 heterocycles. The summed E-state index contributed by atoms with van der Waals surface area (Å²) in [6, 6.07) is -0.513. The van der Waals surface area contributed by atoms with E-state index in [1.54, 1.807) is 0 Å². The Hall–Kier alpha value is -0.530. The first-order chi connectivity index (χ1) is 8.36. The van der Waals surface area contributed by atoms with Crippen LogP contribution in [0.1, 0.15) is 33.6 Å². The summed E-state index contributed by atoms with van der Waals surface area (Å²) in [4.78, 5) is 13.6. The highest BCUT2D eigenvalue weighted by Crippen LogP contribution is 2.41. The number of rotatable bonds is 4. The van der Waals surface area contributed by atoms with E-state index in [1.807, 2.05) is 13.8 Å². The van der Waals surface area contributed by atoms with Crippen LogP contribution in [0.4, 0.5) is 4.79 Å². The minimum atomic E-state index is -0.513. The minimum absolute atomic E-state index is 0.377. The van der Waals surface area contributed by atoms with Crippen LogP contribution < -0.4 is 5.32 Å². The maximum absolute atomic E-state index is 11.5. The summed E-state index contributed by atoms with van der Waals surface area (Å²) in [5.41, 5.74) is -0.377. The summed E-state index contributed by atoms with van der Waals surface area (Å²) < 4.78 is 0.737. The molecule has 0 aromatic heterocycles. The Kier molecular flexibility index (Phi) is 5.24. The number of hydrogen-bond donors (Lipinski definition) is 2. The molecule has 1 aliphatic heterocycles. The zero-order chi connectivity index (χ0) is 13.9. The first-order valence-electron chi connectivity index (χ1n) is 6.04. The lowest BCUT2D eigenvalue weighted by molar-refractivity contribution is -0.0778. The van der Waals surface area contributed by atoms with Crippen LogP contribution in [-0.2, 0) is 0 Å². The summed E-state index contributed by atoms with van der Waals surface area (Å²) in [7, 11) is 1.49. The van der Waals surface area contributed by atoms with E-state index >= 15 is 0 Å². The number of urea groups is 1. The highest BCUT2D eigenvalue weighted by atomic mass is 32.2. The van der Waals surface area contributed by atoms with Gasteiger partial charge in [0.05, 0.1) is 5.54 Å². The van der Waals surface area contributed by atoms with E-state index in [-0.39, 0.29) is 10.9 Å². The van der Waals surface area contributed by atoms with Gasteiger partial charge in [0.15, 0.2) is 0 Å². The van der Waals surface area contributed by atoms with Gasteiger partial charge >= 0.3 is 6.03 Å². The summed E-state index contributed by atoms with van der Waals surface area (Å²) >= 11 is 6.70. The first-order valence-corrected chi connectivity index (χ1v) is 7.33. The molecule has 2 N–H and O–H groups in total. The number of carbonyl (C=O) groups is 1. The van der Waals surface area contributed by atoms with Crippen molar-refractivity contribution in [3.05, 3.63) is 0 Å². The molecular weight excluding hydrogens is 270 g/mol. The summed E-state index contributed by atoms with van der Waals surface area (Å²) in [5.74, 6) is 0. The number of hydrogen-bond acceptors (Lipinski definition) is 4. The predicted molar refractivity (Wildman–Crippen MR) is 77.8 cm³/mol. The van der Waals surface area contributed by atoms with E-state index in [2.05, 4.69) is 17.1 Å². The van der Waals surface area contributed by atoms with Gasteiger partial charge in [0, 0.05) is 13.6 Å². The number of thioether (sulfide) groups is 1. The second kappa shape index (κ2) is 6.08. The van der Waals surface area contributed by atoms with Crippen molar-refractivity contribution in [1.29, 1.82) is 0 Å². The van der Waals surface area contributed by atoms with E-state index < -0.39 is 6.03 Å². The van der Waals surface area contributed by atoms with Crippen LogP contribution in [0.2, 0.25) is 0 Å². The van der Waals surface area contributed by atoms with Crippen molar-refractivity contribution in [2.75, 3.05) is 13.6 Å². The molecule has 1 atom stereocenters. The maximum Gasteiger partial charge on any atom is 0.342 e. The van der Waals surface area contributed by atoms with Crippen LogP contribution in [0.5, 0.6) is 0 Å². The molecule has 0 aromatic carbocycles. The van der Waals surface area contributed by atoms with Crippen molar-refractivity contribution < 1.29 is 10.0 Å². The highest BCUT2D eigenvalue weighted by molar-refractivity contribution is 8.23. The van der Waals surface area contributed by atoms with Crippen LogP contribution in [-0.4, -0.2) is 50.0 Å². The molecule has 0 aromatic rings. The first kappa shape index (κ1) is 15.5. The normalized spacial score (nSPS) is 22.2. The van der Waals surface area contributed by atoms with Crippen molar-refractivity contribution in [3.63, 3.8) is 0 Å². The quantitative estimate of drug-likeness (QED) is 0.473. The Morgan fingerprint density at radius 1 is 1.67 bits per heavy atom. The molecule has 1 unspecified atom stereocenters. The van der Waals surface area contributed by atoms with Gasteiger partial charge in [-0.15, -0.1) is 0 Å². The fraction of sp³-hybridized carbons (Fsp3) is 0.818. The molecular formula is C11H21N3O2S2. The molecule has 7 heteroatoms. The molecule has 0 saturated carbocycles. The largest absolute Gasteiger partial charge is 0.349 e. The summed E-state index contributed by atoms with van der Waals surface area (Å²) in [5, 5.41) is 12.7. The number of unbranched alkanes of at least 4 members (excludes halogenated alkanes) is 1. The lowest BCUT2D eigenvalue weighted by Gasteiger charge is -2.37. The molecule has 1 aliphatic rings. The monoisotopic (exact) mass is 291 g/mol. The lowest BCUT2D eigenvalue weighted by Crippen LogP contribution is -2.54. The predicted octanol–water partition coefficient (Wildman–Crippen LogP) is 2.26. The van der Waals surface area contributed by atoms with E-state index in [4.69, 9.17) is 12.2 Å². The number of hydroxylamine groups is 2. The van der Waals surface area contributed by atoms with Crippen molar-refractivity contribution >= 4 is 34.3 Å². The van der Waals surface area contributed by atoms with Gasteiger partial charge in [-0.3, -0.25) is 5.21 Å². The smallest absolute Gasteiger partial charge is 0.342 e. The van der Waals surface area contributed by atoms with Gasteiger partial charge in [0.1, 0.15) is 9.69 Å². The molecule has 0 radical (unpaired) electrons. The van der Waals surface area contributed by atoms with Crippen molar-refractivity contribution in [2.45, 2.75) is 44.5 Å². The third-order valence-electron chi connectivity index (χ3n) is 3.11. The van der Waals surface area contributed by atoms with Crippen molar-refractivity contribution in [3.8, 4) is 0 Å². The number of amides is 2. The van der Waals surface area contributed by atoms with Gasteiger partial charge in [-0.05, 0) is 20.3 Å². The maximum atomic E-state index is 11.5. The van der Waals surface area contributed by atoms with Gasteiger partial charge < -0.3 is 10.2 Å². The van der Waals surface area contributed by atoms with Crippen molar-refractivity contribution in [1.82, 2.24) is 15.3 Å². The number of carbonyl (C=O) groups excluding carboxylic acids is 1. The molecule has 1 saturated heterocycles. The highest BCUT2D eigenvalue weighted by Gasteiger charge is 2.48. The third kappa shape index (κ3) is 2.89. The Bertz CT molecular complexity index is 336. The van der Waals surface area contributed by atoms with Crippen LogP contribution >= 0.6 is 24.0 Å². The standard InChI is InChI=1S/C11H21N3O2S2/c1-5-6-7-13-10(17)18-8(11(13,2)3)14(16)9(15)12-4/h8,16H,5-7H2,1-4H3,(H,12,15). The second-order valence-corrected chi connectivity index (χ2v) is 6.51. The molecule has 2 amide bonds. The number of thiocarbonyl (C=S) groups is 1. The zero-order valence-corrected chi connectivity index (χ0v) is 12.9. The molecule has 0 aliphatic carbocycles. The molecule has 5 nitrogen and oxygen atoms in total. The van der Waals surface area contributed by atoms with Gasteiger partial charge in [0.25, 0.3) is 0 Å². The Balaban J connectivity index is 2.84. The van der Waals surface area contributed by atoms with E-state index in [9.17, 15) is 10.0 Å². The second-order valence-electron chi connectivity index (χ2n) is 4.79. The fourth-order valence-corrected chi connectivity index (χ4v) is 3.79. The van der Waals surface area contributed by atoms with E-state index in [0.717, 1.165) is 28.8 Å². The molecule has 1 rings (SSSR count). The number of nitrogens with one attached hydrogen (secondary N) is 1. The molecule has 0 bridgehead atoms. The van der Waals surface area contributed by atoms with E-state index in [0.29, 0.717) is 0 Å². The van der Waals surface area contributed by atoms with Crippen LogP contribution in [0, 0.1) is 0 Å². The third-order valence-corrected chi connectivity index (χ3v) is 5.04. The van der Waals surface area contributed by atoms with Crippen LogP contribution in [0.15, 0.2) is 0 Å². The van der Waals surface area contributed by atoms with Gasteiger partial charge in [-0.1, -0.05) is 37.3 Å². The average molecular weight is 291 g/mol. The Labute approximate surface area is 118 Å². The molecule has 0 spiro atoms. The topological polar surface area (TPSA) is 55.8 Å². The molecule has 18 heavy (non-hydrogen) atoms. The average Bonchev–Trinajstić information content (AvgIpc) is 2.55. The lowest BCUT2D eigenvalue weighted by atomic mass is 10.0. The SMILES string of the molecule is CCCCN1C(=S)SC(N(O)C(=O)NC)C1(C)C. The Morgan fingerprint density at radius 3 is 2.78 bits per heavy atom. The summed E-state index contributed by atoms with van der Waals surface area (Å²) in [6.07, 6.45) is 2.13. The molecule has 104 valence electrons. The fourth-order valence-electron chi connectivity index (χ4n) is 1.94. The van der Waals surface area contributed by atoms with Gasteiger partial charge in [0.2, 0.25) is 0 Å². The molecule has 1 fully saturated rings. The van der Waals surface area contributed by atoms with Gasteiger partial charge in [-0.25, -0.2) is 4.79 Å².